The molecule has 0 saturated carbocycles. The molecule has 0 saturated heterocycles. The van der Waals surface area contributed by atoms with Crippen molar-refractivity contribution >= 4 is 17.6 Å². The van der Waals surface area contributed by atoms with Crippen LogP contribution in [0.15, 0.2) is 60.8 Å². The van der Waals surface area contributed by atoms with E-state index in [1.807, 2.05) is 18.2 Å². The Morgan fingerprint density at radius 1 is 1.07 bits per heavy atom. The summed E-state index contributed by atoms with van der Waals surface area (Å²) >= 11 is 0. The van der Waals surface area contributed by atoms with Gasteiger partial charge in [0.05, 0.1) is 12.7 Å². The third-order valence-electron chi connectivity index (χ3n) is 4.11. The number of nitrogens with zero attached hydrogens (tertiary/aromatic N) is 1. The van der Waals surface area contributed by atoms with Crippen molar-refractivity contribution in [2.24, 2.45) is 5.73 Å². The van der Waals surface area contributed by atoms with Crippen molar-refractivity contribution in [1.82, 2.24) is 4.98 Å². The molecule has 0 aliphatic heterocycles. The van der Waals surface area contributed by atoms with Crippen LogP contribution < -0.4 is 16.2 Å². The van der Waals surface area contributed by atoms with Crippen molar-refractivity contribution in [2.45, 2.75) is 6.61 Å². The second-order valence-electron chi connectivity index (χ2n) is 6.08. The molecule has 5 N–H and O–H groups in total. The molecule has 0 atom stereocenters. The van der Waals surface area contributed by atoms with Crippen LogP contribution in [-0.4, -0.2) is 23.9 Å². The predicted molar refractivity (Wildman–Crippen MR) is 107 cm³/mol. The smallest absolute Gasteiger partial charge is 0.337 e. The van der Waals surface area contributed by atoms with Gasteiger partial charge in [0, 0.05) is 11.8 Å². The number of hydrogen-bond acceptors (Lipinski definition) is 6. The maximum atomic E-state index is 12.1. The van der Waals surface area contributed by atoms with Crippen LogP contribution in [0.2, 0.25) is 0 Å². The zero-order chi connectivity index (χ0) is 20.1. The summed E-state index contributed by atoms with van der Waals surface area (Å²) in [5.41, 5.74) is 14.7. The van der Waals surface area contributed by atoms with Gasteiger partial charge in [-0.05, 0) is 53.1 Å². The Kier molecular flexibility index (Phi) is 5.55. The maximum Gasteiger partial charge on any atom is 0.337 e. The average molecular weight is 376 g/mol. The summed E-state index contributed by atoms with van der Waals surface area (Å²) in [5, 5.41) is 7.62. The molecule has 0 radical (unpaired) electrons. The summed E-state index contributed by atoms with van der Waals surface area (Å²) in [5.74, 6) is 0.278. The SMILES string of the molecule is COC(=O)c1cc(COc2cccnc2N)cc(-c2cccc(C(=N)N)c2)c1. The highest BCUT2D eigenvalue weighted by atomic mass is 16.5. The van der Waals surface area contributed by atoms with Crippen LogP contribution >= 0.6 is 0 Å². The molecule has 0 bridgehead atoms. The summed E-state index contributed by atoms with van der Waals surface area (Å²) in [6, 6.07) is 16.0. The van der Waals surface area contributed by atoms with E-state index in [1.165, 1.54) is 7.11 Å². The van der Waals surface area contributed by atoms with Crippen molar-refractivity contribution in [2.75, 3.05) is 12.8 Å². The zero-order valence-electron chi connectivity index (χ0n) is 15.3. The highest BCUT2D eigenvalue weighted by molar-refractivity contribution is 5.96. The van der Waals surface area contributed by atoms with Crippen LogP contribution in [0.5, 0.6) is 5.75 Å². The van der Waals surface area contributed by atoms with Crippen molar-refractivity contribution < 1.29 is 14.3 Å². The molecule has 7 nitrogen and oxygen atoms in total. The zero-order valence-corrected chi connectivity index (χ0v) is 15.3. The van der Waals surface area contributed by atoms with Crippen molar-refractivity contribution in [3.05, 3.63) is 77.5 Å². The van der Waals surface area contributed by atoms with Crippen molar-refractivity contribution in [3.8, 4) is 16.9 Å². The molecule has 3 rings (SSSR count). The first-order valence-electron chi connectivity index (χ1n) is 8.48. The minimum absolute atomic E-state index is 0.0263. The Morgan fingerprint density at radius 3 is 2.57 bits per heavy atom. The topological polar surface area (TPSA) is 124 Å². The number of nitrogens with one attached hydrogen (secondary N) is 1. The lowest BCUT2D eigenvalue weighted by molar-refractivity contribution is 0.0600. The molecule has 0 unspecified atom stereocenters. The lowest BCUT2D eigenvalue weighted by atomic mass is 9.98. The molecule has 1 aromatic heterocycles. The van der Waals surface area contributed by atoms with Crippen LogP contribution in [0.25, 0.3) is 11.1 Å². The monoisotopic (exact) mass is 376 g/mol. The Hall–Kier alpha value is -3.87. The standard InChI is InChI=1S/C21H20N4O3/c1-27-21(26)17-9-13(12-28-18-6-3-7-25-20(18)24)8-16(11-17)14-4-2-5-15(10-14)19(22)23/h2-11H,12H2,1H3,(H3,22,23)(H2,24,25). The van der Waals surface area contributed by atoms with Gasteiger partial charge in [0.15, 0.2) is 11.6 Å². The summed E-state index contributed by atoms with van der Waals surface area (Å²) in [4.78, 5) is 16.1. The lowest BCUT2D eigenvalue weighted by Crippen LogP contribution is -2.10. The van der Waals surface area contributed by atoms with E-state index in [-0.39, 0.29) is 12.4 Å². The first kappa shape index (κ1) is 18.9. The first-order valence-corrected chi connectivity index (χ1v) is 8.48. The number of anilines is 1. The normalized spacial score (nSPS) is 10.3. The minimum atomic E-state index is -0.452. The molecule has 0 aliphatic rings. The molecule has 2 aromatic carbocycles. The van der Waals surface area contributed by atoms with Gasteiger partial charge in [0.25, 0.3) is 0 Å². The molecule has 28 heavy (non-hydrogen) atoms. The van der Waals surface area contributed by atoms with E-state index < -0.39 is 5.97 Å². The fourth-order valence-electron chi connectivity index (χ4n) is 2.73. The summed E-state index contributed by atoms with van der Waals surface area (Å²) in [6.07, 6.45) is 1.58. The number of carbonyl (C=O) groups excluding carboxylic acids is 1. The first-order chi connectivity index (χ1) is 13.5. The van der Waals surface area contributed by atoms with E-state index in [4.69, 9.17) is 26.4 Å². The predicted octanol–water partition coefficient (Wildman–Crippen LogP) is 2.98. The molecule has 0 fully saturated rings. The molecule has 0 amide bonds. The van der Waals surface area contributed by atoms with E-state index in [0.29, 0.717) is 22.7 Å². The Balaban J connectivity index is 1.97. The van der Waals surface area contributed by atoms with E-state index >= 15 is 0 Å². The molecular formula is C21H20N4O3. The molecule has 142 valence electrons. The van der Waals surface area contributed by atoms with E-state index in [0.717, 1.165) is 16.7 Å². The van der Waals surface area contributed by atoms with Gasteiger partial charge in [-0.1, -0.05) is 18.2 Å². The second kappa shape index (κ2) is 8.22. The van der Waals surface area contributed by atoms with Crippen LogP contribution in [0.3, 0.4) is 0 Å². The van der Waals surface area contributed by atoms with Crippen LogP contribution in [-0.2, 0) is 11.3 Å². The van der Waals surface area contributed by atoms with Crippen molar-refractivity contribution in [1.29, 1.82) is 5.41 Å². The molecule has 1 heterocycles. The third-order valence-corrected chi connectivity index (χ3v) is 4.11. The average Bonchev–Trinajstić information content (AvgIpc) is 2.72. The summed E-state index contributed by atoms with van der Waals surface area (Å²) < 4.78 is 10.6. The molecule has 0 spiro atoms. The lowest BCUT2D eigenvalue weighted by Gasteiger charge is -2.12. The van der Waals surface area contributed by atoms with Crippen LogP contribution in [0.1, 0.15) is 21.5 Å². The largest absolute Gasteiger partial charge is 0.485 e. The Morgan fingerprint density at radius 2 is 1.86 bits per heavy atom. The number of hydrogen-bond donors (Lipinski definition) is 3. The summed E-state index contributed by atoms with van der Waals surface area (Å²) in [7, 11) is 1.33. The number of benzene rings is 2. The number of nitrogen functional groups attached to an aromatic ring is 2. The van der Waals surface area contributed by atoms with Gasteiger partial charge < -0.3 is 20.9 Å². The number of methoxy groups -OCH3 is 1. The van der Waals surface area contributed by atoms with Gasteiger partial charge in [-0.15, -0.1) is 0 Å². The number of esters is 1. The fraction of sp³-hybridized carbons (Fsp3) is 0.0952. The second-order valence-corrected chi connectivity index (χ2v) is 6.08. The van der Waals surface area contributed by atoms with Crippen LogP contribution in [0.4, 0.5) is 5.82 Å². The van der Waals surface area contributed by atoms with Gasteiger partial charge in [-0.25, -0.2) is 9.78 Å². The van der Waals surface area contributed by atoms with Gasteiger partial charge in [0.2, 0.25) is 0 Å². The van der Waals surface area contributed by atoms with E-state index in [9.17, 15) is 4.79 Å². The number of rotatable bonds is 6. The molecule has 7 heteroatoms. The molecule has 3 aromatic rings. The third kappa shape index (κ3) is 4.27. The van der Waals surface area contributed by atoms with E-state index in [1.54, 1.807) is 42.6 Å². The quantitative estimate of drug-likeness (QED) is 0.345. The highest BCUT2D eigenvalue weighted by Gasteiger charge is 2.12. The van der Waals surface area contributed by atoms with Gasteiger partial charge >= 0.3 is 5.97 Å². The highest BCUT2D eigenvalue weighted by Crippen LogP contribution is 2.26. The Bertz CT molecular complexity index is 1030. The molecule has 0 aliphatic carbocycles. The van der Waals surface area contributed by atoms with Crippen LogP contribution in [0, 0.1) is 5.41 Å². The maximum absolute atomic E-state index is 12.1. The number of amidine groups is 1. The van der Waals surface area contributed by atoms with E-state index in [2.05, 4.69) is 4.98 Å². The fourth-order valence-corrected chi connectivity index (χ4v) is 2.73. The number of pyridine rings is 1. The minimum Gasteiger partial charge on any atom is -0.485 e. The molecular weight excluding hydrogens is 356 g/mol. The van der Waals surface area contributed by atoms with Gasteiger partial charge in [0.1, 0.15) is 12.4 Å². The number of ether oxygens (including phenoxy) is 2. The number of aromatic nitrogens is 1. The number of carbonyl (C=O) groups is 1. The number of nitrogens with two attached hydrogens (primary N) is 2. The van der Waals surface area contributed by atoms with Gasteiger partial charge in [-0.2, -0.15) is 0 Å². The Labute approximate surface area is 162 Å². The van der Waals surface area contributed by atoms with Crippen molar-refractivity contribution in [3.63, 3.8) is 0 Å². The van der Waals surface area contributed by atoms with Gasteiger partial charge in [-0.3, -0.25) is 5.41 Å². The summed E-state index contributed by atoms with van der Waals surface area (Å²) in [6.45, 7) is 0.195.